The first kappa shape index (κ1) is 19.4. The highest BCUT2D eigenvalue weighted by Crippen LogP contribution is 2.37. The van der Waals surface area contributed by atoms with Gasteiger partial charge in [0, 0.05) is 0 Å². The lowest BCUT2D eigenvalue weighted by Gasteiger charge is -2.43. The summed E-state index contributed by atoms with van der Waals surface area (Å²) in [5, 5.41) is 2.59. The lowest BCUT2D eigenvalue weighted by molar-refractivity contribution is 0.286. The average molecular weight is 377 g/mol. The monoisotopic (exact) mass is 376 g/mol. The van der Waals surface area contributed by atoms with Crippen LogP contribution in [0.3, 0.4) is 0 Å². The first-order valence-electron chi connectivity index (χ1n) is 9.35. The van der Waals surface area contributed by atoms with Crippen LogP contribution in [0.4, 0.5) is 0 Å². The van der Waals surface area contributed by atoms with Gasteiger partial charge in [-0.25, -0.2) is 0 Å². The summed E-state index contributed by atoms with van der Waals surface area (Å²) < 4.78 is 12.2. The summed E-state index contributed by atoms with van der Waals surface area (Å²) in [4.78, 5) is 0. The highest BCUT2D eigenvalue weighted by molar-refractivity contribution is 6.99. The largest absolute Gasteiger partial charge is 0.497 e. The fourth-order valence-electron chi connectivity index (χ4n) is 3.67. The molecule has 0 aliphatic heterocycles. The van der Waals surface area contributed by atoms with Crippen LogP contribution in [0, 0.1) is 0 Å². The van der Waals surface area contributed by atoms with Gasteiger partial charge in [-0.1, -0.05) is 93.6 Å². The Kier molecular flexibility index (Phi) is 5.83. The summed E-state index contributed by atoms with van der Waals surface area (Å²) in [6.45, 7) is 7.48. The maximum absolute atomic E-state index is 6.92. The maximum atomic E-state index is 6.92. The molecule has 3 aromatic rings. The van der Waals surface area contributed by atoms with Crippen LogP contribution in [0.15, 0.2) is 84.9 Å². The molecule has 2 nitrogen and oxygen atoms in total. The SMILES string of the molecule is COc1ccc(CO[Si](c2ccccc2)(c2ccccc2)C(C)(C)C)cc1. The molecule has 0 amide bonds. The molecule has 0 saturated carbocycles. The molecule has 0 aromatic heterocycles. The van der Waals surface area contributed by atoms with Crippen LogP contribution in [0.5, 0.6) is 5.75 Å². The zero-order chi connectivity index (χ0) is 19.3. The van der Waals surface area contributed by atoms with Crippen LogP contribution >= 0.6 is 0 Å². The van der Waals surface area contributed by atoms with Gasteiger partial charge >= 0.3 is 0 Å². The summed E-state index contributed by atoms with van der Waals surface area (Å²) in [7, 11) is -0.797. The molecule has 140 valence electrons. The molecule has 0 radical (unpaired) electrons. The van der Waals surface area contributed by atoms with Gasteiger partial charge in [-0.15, -0.1) is 0 Å². The molecule has 3 aromatic carbocycles. The Labute approximate surface area is 163 Å². The Morgan fingerprint density at radius 3 is 1.59 bits per heavy atom. The lowest BCUT2D eigenvalue weighted by atomic mass is 10.2. The molecule has 0 heterocycles. The second kappa shape index (κ2) is 8.11. The molecule has 0 atom stereocenters. The highest BCUT2D eigenvalue weighted by atomic mass is 28.4. The second-order valence-corrected chi connectivity index (χ2v) is 12.1. The maximum Gasteiger partial charge on any atom is 0.261 e. The Bertz CT molecular complexity index is 798. The Morgan fingerprint density at radius 2 is 1.19 bits per heavy atom. The van der Waals surface area contributed by atoms with Crippen molar-refractivity contribution in [2.24, 2.45) is 0 Å². The van der Waals surface area contributed by atoms with Crippen molar-refractivity contribution in [3.63, 3.8) is 0 Å². The molecule has 0 saturated heterocycles. The van der Waals surface area contributed by atoms with Gasteiger partial charge in [0.05, 0.1) is 13.7 Å². The minimum Gasteiger partial charge on any atom is -0.497 e. The van der Waals surface area contributed by atoms with Crippen LogP contribution in [0.25, 0.3) is 0 Å². The van der Waals surface area contributed by atoms with Gasteiger partial charge < -0.3 is 9.16 Å². The van der Waals surface area contributed by atoms with Crippen LogP contribution in [0.1, 0.15) is 26.3 Å². The third-order valence-electron chi connectivity index (χ3n) is 5.03. The average Bonchev–Trinajstić information content (AvgIpc) is 2.69. The van der Waals surface area contributed by atoms with Crippen LogP contribution in [-0.4, -0.2) is 15.4 Å². The van der Waals surface area contributed by atoms with Crippen molar-refractivity contribution in [3.8, 4) is 5.75 Å². The van der Waals surface area contributed by atoms with Gasteiger partial charge in [-0.05, 0) is 33.1 Å². The minimum atomic E-state index is -2.49. The number of rotatable bonds is 6. The number of benzene rings is 3. The molecule has 27 heavy (non-hydrogen) atoms. The van der Waals surface area contributed by atoms with Gasteiger partial charge in [0.15, 0.2) is 0 Å². The van der Waals surface area contributed by atoms with E-state index >= 15 is 0 Å². The van der Waals surface area contributed by atoms with Crippen molar-refractivity contribution in [3.05, 3.63) is 90.5 Å². The van der Waals surface area contributed by atoms with Crippen LogP contribution < -0.4 is 15.1 Å². The smallest absolute Gasteiger partial charge is 0.261 e. The third-order valence-corrected chi connectivity index (χ3v) is 10.0. The molecule has 0 spiro atoms. The standard InChI is InChI=1S/C24H28O2Si/c1-24(2,3)27(22-11-7-5-8-12-22,23-13-9-6-10-14-23)26-19-20-15-17-21(25-4)18-16-20/h5-18H,19H2,1-4H3. The molecular formula is C24H28O2Si. The fourth-order valence-corrected chi connectivity index (χ4v) is 8.21. The van der Waals surface area contributed by atoms with Gasteiger partial charge in [-0.2, -0.15) is 0 Å². The first-order valence-corrected chi connectivity index (χ1v) is 11.3. The van der Waals surface area contributed by atoms with Gasteiger partial charge in [0.25, 0.3) is 8.32 Å². The van der Waals surface area contributed by atoms with Gasteiger partial charge in [0.1, 0.15) is 5.75 Å². The summed E-state index contributed by atoms with van der Waals surface area (Å²) in [6, 6.07) is 29.6. The van der Waals surface area contributed by atoms with Crippen LogP contribution in [0.2, 0.25) is 5.04 Å². The molecule has 0 N–H and O–H groups in total. The van der Waals surface area contributed by atoms with E-state index in [1.807, 2.05) is 12.1 Å². The van der Waals surface area contributed by atoms with Crippen molar-refractivity contribution in [1.82, 2.24) is 0 Å². The normalized spacial score (nSPS) is 12.0. The highest BCUT2D eigenvalue weighted by Gasteiger charge is 2.50. The van der Waals surface area contributed by atoms with Crippen molar-refractivity contribution < 1.29 is 9.16 Å². The Morgan fingerprint density at radius 1 is 0.704 bits per heavy atom. The predicted octanol–water partition coefficient (Wildman–Crippen LogP) is 4.77. The van der Waals surface area contributed by atoms with E-state index < -0.39 is 8.32 Å². The molecule has 0 unspecified atom stereocenters. The number of hydrogen-bond acceptors (Lipinski definition) is 2. The molecule has 0 fully saturated rings. The summed E-state index contributed by atoms with van der Waals surface area (Å²) in [6.07, 6.45) is 0. The minimum absolute atomic E-state index is 0.0117. The first-order chi connectivity index (χ1) is 13.0. The summed E-state index contributed by atoms with van der Waals surface area (Å²) in [5.74, 6) is 0.865. The van der Waals surface area contributed by atoms with Crippen molar-refractivity contribution in [2.75, 3.05) is 7.11 Å². The zero-order valence-corrected chi connectivity index (χ0v) is 17.6. The zero-order valence-electron chi connectivity index (χ0n) is 16.6. The quantitative estimate of drug-likeness (QED) is 0.577. The fraction of sp³-hybridized carbons (Fsp3) is 0.250. The van der Waals surface area contributed by atoms with E-state index in [4.69, 9.17) is 9.16 Å². The van der Waals surface area contributed by atoms with Gasteiger partial charge in [0.2, 0.25) is 0 Å². The van der Waals surface area contributed by atoms with Crippen molar-refractivity contribution in [2.45, 2.75) is 32.4 Å². The van der Waals surface area contributed by atoms with E-state index in [9.17, 15) is 0 Å². The number of hydrogen-bond donors (Lipinski definition) is 0. The number of methoxy groups -OCH3 is 1. The van der Waals surface area contributed by atoms with E-state index in [0.717, 1.165) is 11.3 Å². The molecule has 0 bridgehead atoms. The van der Waals surface area contributed by atoms with Crippen molar-refractivity contribution >= 4 is 18.7 Å². The predicted molar refractivity (Wildman–Crippen MR) is 115 cm³/mol. The van der Waals surface area contributed by atoms with E-state index in [0.29, 0.717) is 6.61 Å². The molecule has 0 aliphatic rings. The number of ether oxygens (including phenoxy) is 1. The summed E-state index contributed by atoms with van der Waals surface area (Å²) in [5.41, 5.74) is 1.16. The van der Waals surface area contributed by atoms with E-state index in [1.165, 1.54) is 10.4 Å². The molecular weight excluding hydrogens is 348 g/mol. The second-order valence-electron chi connectivity index (χ2n) is 7.80. The topological polar surface area (TPSA) is 18.5 Å². The summed E-state index contributed by atoms with van der Waals surface area (Å²) >= 11 is 0. The Balaban J connectivity index is 2.05. The third kappa shape index (κ3) is 3.99. The lowest BCUT2D eigenvalue weighted by Crippen LogP contribution is -2.66. The van der Waals surface area contributed by atoms with E-state index in [1.54, 1.807) is 7.11 Å². The van der Waals surface area contributed by atoms with E-state index in [2.05, 4.69) is 93.6 Å². The molecule has 3 rings (SSSR count). The van der Waals surface area contributed by atoms with E-state index in [-0.39, 0.29) is 5.04 Å². The Hall–Kier alpha value is -2.36. The molecule has 0 aliphatic carbocycles. The van der Waals surface area contributed by atoms with Gasteiger partial charge in [-0.3, -0.25) is 0 Å². The molecule has 3 heteroatoms. The van der Waals surface area contributed by atoms with Crippen LogP contribution in [-0.2, 0) is 11.0 Å². The van der Waals surface area contributed by atoms with Crippen molar-refractivity contribution in [1.29, 1.82) is 0 Å².